The first-order chi connectivity index (χ1) is 5.29. The van der Waals surface area contributed by atoms with E-state index in [1.807, 2.05) is 0 Å². The maximum Gasteiger partial charge on any atom is 0.327 e. The molecule has 1 fully saturated rings. The fourth-order valence-corrected chi connectivity index (χ4v) is 1.29. The van der Waals surface area contributed by atoms with Gasteiger partial charge >= 0.3 is 5.97 Å². The number of carboxylic acids is 1. The van der Waals surface area contributed by atoms with Gasteiger partial charge in [0, 0.05) is 12.1 Å². The molecule has 1 aliphatic rings. The van der Waals surface area contributed by atoms with Crippen LogP contribution in [0.25, 0.3) is 0 Å². The monoisotopic (exact) mass is 155 g/mol. The topological polar surface area (TPSA) is 49.3 Å². The SMILES string of the molecule is O=C(O)/C=C/CC1CCCN1. The van der Waals surface area contributed by atoms with Crippen molar-refractivity contribution in [2.45, 2.75) is 25.3 Å². The molecule has 0 aromatic rings. The molecule has 0 aromatic heterocycles. The number of hydrogen-bond acceptors (Lipinski definition) is 2. The lowest BCUT2D eigenvalue weighted by Crippen LogP contribution is -2.20. The van der Waals surface area contributed by atoms with Gasteiger partial charge in [-0.3, -0.25) is 0 Å². The highest BCUT2D eigenvalue weighted by molar-refractivity contribution is 5.79. The lowest BCUT2D eigenvalue weighted by atomic mass is 10.1. The fourth-order valence-electron chi connectivity index (χ4n) is 1.29. The molecule has 62 valence electrons. The van der Waals surface area contributed by atoms with Gasteiger partial charge in [-0.25, -0.2) is 4.79 Å². The summed E-state index contributed by atoms with van der Waals surface area (Å²) >= 11 is 0. The van der Waals surface area contributed by atoms with E-state index in [1.54, 1.807) is 6.08 Å². The number of aliphatic carboxylic acids is 1. The summed E-state index contributed by atoms with van der Waals surface area (Å²) < 4.78 is 0. The predicted octanol–water partition coefficient (Wildman–Crippen LogP) is 0.769. The number of carbonyl (C=O) groups is 1. The summed E-state index contributed by atoms with van der Waals surface area (Å²) in [6.07, 6.45) is 6.15. The van der Waals surface area contributed by atoms with E-state index in [9.17, 15) is 4.79 Å². The Hall–Kier alpha value is -0.830. The molecule has 0 saturated carbocycles. The smallest absolute Gasteiger partial charge is 0.327 e. The summed E-state index contributed by atoms with van der Waals surface area (Å²) in [6, 6.07) is 0.505. The molecular weight excluding hydrogens is 142 g/mol. The van der Waals surface area contributed by atoms with Gasteiger partial charge in [-0.1, -0.05) is 6.08 Å². The standard InChI is InChI=1S/C8H13NO2/c10-8(11)5-1-3-7-4-2-6-9-7/h1,5,7,9H,2-4,6H2,(H,10,11)/b5-1+. The zero-order valence-corrected chi connectivity index (χ0v) is 6.42. The van der Waals surface area contributed by atoms with Crippen molar-refractivity contribution in [2.75, 3.05) is 6.54 Å². The lowest BCUT2D eigenvalue weighted by molar-refractivity contribution is -0.131. The molecule has 0 aliphatic carbocycles. The Kier molecular flexibility index (Phi) is 3.11. The predicted molar refractivity (Wildman–Crippen MR) is 42.4 cm³/mol. The van der Waals surface area contributed by atoms with Gasteiger partial charge in [0.1, 0.15) is 0 Å². The largest absolute Gasteiger partial charge is 0.478 e. The van der Waals surface area contributed by atoms with E-state index in [4.69, 9.17) is 5.11 Å². The van der Waals surface area contributed by atoms with Crippen LogP contribution in [0.1, 0.15) is 19.3 Å². The average molecular weight is 155 g/mol. The molecule has 0 aromatic carbocycles. The highest BCUT2D eigenvalue weighted by atomic mass is 16.4. The molecule has 1 unspecified atom stereocenters. The van der Waals surface area contributed by atoms with Crippen molar-refractivity contribution in [3.63, 3.8) is 0 Å². The molecule has 0 radical (unpaired) electrons. The summed E-state index contributed by atoms with van der Waals surface area (Å²) in [5.74, 6) is -0.858. The van der Waals surface area contributed by atoms with Crippen molar-refractivity contribution < 1.29 is 9.90 Å². The number of carboxylic acid groups (broad SMARTS) is 1. The molecule has 1 heterocycles. The van der Waals surface area contributed by atoms with Gasteiger partial charge in [0.05, 0.1) is 0 Å². The van der Waals surface area contributed by atoms with Gasteiger partial charge < -0.3 is 10.4 Å². The van der Waals surface area contributed by atoms with Crippen molar-refractivity contribution in [2.24, 2.45) is 0 Å². The first-order valence-corrected chi connectivity index (χ1v) is 3.92. The Labute approximate surface area is 66.1 Å². The number of nitrogens with one attached hydrogen (secondary N) is 1. The van der Waals surface area contributed by atoms with Crippen molar-refractivity contribution in [3.05, 3.63) is 12.2 Å². The van der Waals surface area contributed by atoms with Crippen LogP contribution in [0.2, 0.25) is 0 Å². The van der Waals surface area contributed by atoms with Gasteiger partial charge in [0.25, 0.3) is 0 Å². The zero-order chi connectivity index (χ0) is 8.10. The van der Waals surface area contributed by atoms with Gasteiger partial charge in [-0.15, -0.1) is 0 Å². The normalized spacial score (nSPS) is 24.5. The quantitative estimate of drug-likeness (QED) is 0.592. The summed E-state index contributed by atoms with van der Waals surface area (Å²) in [7, 11) is 0. The van der Waals surface area contributed by atoms with Crippen LogP contribution < -0.4 is 5.32 Å². The molecule has 1 saturated heterocycles. The maximum atomic E-state index is 10.1. The van der Waals surface area contributed by atoms with E-state index in [0.717, 1.165) is 13.0 Å². The van der Waals surface area contributed by atoms with Crippen LogP contribution in [0.3, 0.4) is 0 Å². The van der Waals surface area contributed by atoms with E-state index >= 15 is 0 Å². The van der Waals surface area contributed by atoms with Crippen LogP contribution in [0.5, 0.6) is 0 Å². The second-order valence-electron chi connectivity index (χ2n) is 2.77. The Balaban J connectivity index is 2.15. The van der Waals surface area contributed by atoms with E-state index < -0.39 is 5.97 Å². The van der Waals surface area contributed by atoms with Crippen LogP contribution in [0.4, 0.5) is 0 Å². The highest BCUT2D eigenvalue weighted by Crippen LogP contribution is 2.08. The summed E-state index contributed by atoms with van der Waals surface area (Å²) in [5, 5.41) is 11.6. The van der Waals surface area contributed by atoms with Crippen LogP contribution >= 0.6 is 0 Å². The van der Waals surface area contributed by atoms with Crippen molar-refractivity contribution in [1.29, 1.82) is 0 Å². The van der Waals surface area contributed by atoms with E-state index in [-0.39, 0.29) is 0 Å². The molecule has 1 aliphatic heterocycles. The van der Waals surface area contributed by atoms with Crippen molar-refractivity contribution in [1.82, 2.24) is 5.32 Å². The van der Waals surface area contributed by atoms with Crippen LogP contribution in [0, 0.1) is 0 Å². The molecule has 3 nitrogen and oxygen atoms in total. The third-order valence-corrected chi connectivity index (χ3v) is 1.84. The average Bonchev–Trinajstić information content (AvgIpc) is 2.39. The van der Waals surface area contributed by atoms with Crippen molar-refractivity contribution >= 4 is 5.97 Å². The van der Waals surface area contributed by atoms with Gasteiger partial charge in [0.2, 0.25) is 0 Å². The Morgan fingerprint density at radius 3 is 3.09 bits per heavy atom. The zero-order valence-electron chi connectivity index (χ0n) is 6.42. The number of hydrogen-bond donors (Lipinski definition) is 2. The highest BCUT2D eigenvalue weighted by Gasteiger charge is 2.11. The van der Waals surface area contributed by atoms with Crippen molar-refractivity contribution in [3.8, 4) is 0 Å². The molecule has 0 bridgehead atoms. The fraction of sp³-hybridized carbons (Fsp3) is 0.625. The van der Waals surface area contributed by atoms with Crippen LogP contribution in [-0.2, 0) is 4.79 Å². The van der Waals surface area contributed by atoms with Crippen LogP contribution in [-0.4, -0.2) is 23.7 Å². The first-order valence-electron chi connectivity index (χ1n) is 3.92. The molecule has 1 rings (SSSR count). The molecule has 3 heteroatoms. The minimum Gasteiger partial charge on any atom is -0.478 e. The Morgan fingerprint density at radius 1 is 1.73 bits per heavy atom. The Bertz CT molecular complexity index is 159. The molecular formula is C8H13NO2. The number of rotatable bonds is 3. The lowest BCUT2D eigenvalue weighted by Gasteiger charge is -2.03. The third-order valence-electron chi connectivity index (χ3n) is 1.84. The summed E-state index contributed by atoms with van der Waals surface area (Å²) in [4.78, 5) is 10.1. The third kappa shape index (κ3) is 3.18. The minimum absolute atomic E-state index is 0.505. The van der Waals surface area contributed by atoms with Gasteiger partial charge in [-0.2, -0.15) is 0 Å². The van der Waals surface area contributed by atoms with E-state index in [0.29, 0.717) is 6.04 Å². The van der Waals surface area contributed by atoms with E-state index in [1.165, 1.54) is 18.9 Å². The van der Waals surface area contributed by atoms with E-state index in [2.05, 4.69) is 5.32 Å². The summed E-state index contributed by atoms with van der Waals surface area (Å²) in [5.41, 5.74) is 0. The maximum absolute atomic E-state index is 10.1. The second-order valence-corrected chi connectivity index (χ2v) is 2.77. The molecule has 2 N–H and O–H groups in total. The van der Waals surface area contributed by atoms with Gasteiger partial charge in [0.15, 0.2) is 0 Å². The molecule has 11 heavy (non-hydrogen) atoms. The van der Waals surface area contributed by atoms with Crippen LogP contribution in [0.15, 0.2) is 12.2 Å². The molecule has 0 spiro atoms. The first kappa shape index (κ1) is 8.27. The minimum atomic E-state index is -0.858. The van der Waals surface area contributed by atoms with Gasteiger partial charge in [-0.05, 0) is 25.8 Å². The summed E-state index contributed by atoms with van der Waals surface area (Å²) in [6.45, 7) is 1.07. The molecule has 0 amide bonds. The molecule has 1 atom stereocenters. The second kappa shape index (κ2) is 4.13. The Morgan fingerprint density at radius 2 is 2.55 bits per heavy atom.